The van der Waals surface area contributed by atoms with E-state index in [9.17, 15) is 13.6 Å². The number of amides is 2. The second kappa shape index (κ2) is 8.02. The Morgan fingerprint density at radius 2 is 2.13 bits per heavy atom. The van der Waals surface area contributed by atoms with Crippen molar-refractivity contribution < 1.29 is 18.3 Å². The normalized spacial score (nSPS) is 11.8. The zero-order valence-electron chi connectivity index (χ0n) is 12.4. The molecule has 6 nitrogen and oxygen atoms in total. The van der Waals surface area contributed by atoms with E-state index < -0.39 is 19.1 Å². The Labute approximate surface area is 131 Å². The van der Waals surface area contributed by atoms with Crippen LogP contribution < -0.4 is 15.4 Å². The summed E-state index contributed by atoms with van der Waals surface area (Å²) < 4.78 is 29.0. The summed E-state index contributed by atoms with van der Waals surface area (Å²) in [6.07, 6.45) is 0.713. The van der Waals surface area contributed by atoms with E-state index in [1.54, 1.807) is 24.5 Å². The third kappa shape index (κ3) is 5.50. The van der Waals surface area contributed by atoms with Gasteiger partial charge in [0, 0.05) is 18.5 Å². The highest BCUT2D eigenvalue weighted by molar-refractivity contribution is 5.88. The van der Waals surface area contributed by atoms with Crippen LogP contribution in [0.2, 0.25) is 0 Å². The number of pyridine rings is 2. The van der Waals surface area contributed by atoms with Gasteiger partial charge in [0.25, 0.3) is 6.43 Å². The van der Waals surface area contributed by atoms with Gasteiger partial charge in [0.1, 0.15) is 5.82 Å². The maximum atomic E-state index is 12.1. The molecule has 1 atom stereocenters. The molecule has 2 aromatic rings. The van der Waals surface area contributed by atoms with Crippen molar-refractivity contribution in [2.24, 2.45) is 0 Å². The van der Waals surface area contributed by atoms with Gasteiger partial charge in [0.15, 0.2) is 6.61 Å². The van der Waals surface area contributed by atoms with Gasteiger partial charge in [-0.3, -0.25) is 10.3 Å². The van der Waals surface area contributed by atoms with E-state index in [2.05, 4.69) is 20.6 Å². The van der Waals surface area contributed by atoms with Crippen LogP contribution in [0.25, 0.3) is 0 Å². The topological polar surface area (TPSA) is 76.1 Å². The van der Waals surface area contributed by atoms with Crippen molar-refractivity contribution in [1.29, 1.82) is 0 Å². The molecule has 0 aliphatic carbocycles. The monoisotopic (exact) mass is 322 g/mol. The molecule has 122 valence electrons. The summed E-state index contributed by atoms with van der Waals surface area (Å²) >= 11 is 0. The lowest BCUT2D eigenvalue weighted by Gasteiger charge is -2.14. The van der Waals surface area contributed by atoms with Crippen LogP contribution in [0.4, 0.5) is 19.4 Å². The minimum Gasteiger partial charge on any atom is -0.472 e. The van der Waals surface area contributed by atoms with Gasteiger partial charge in [-0.2, -0.15) is 4.98 Å². The van der Waals surface area contributed by atoms with Crippen molar-refractivity contribution in [3.8, 4) is 5.88 Å². The lowest BCUT2D eigenvalue weighted by Crippen LogP contribution is -2.31. The molecule has 0 spiro atoms. The second-order valence-electron chi connectivity index (χ2n) is 4.67. The summed E-state index contributed by atoms with van der Waals surface area (Å²) in [5.74, 6) is 0.219. The summed E-state index contributed by atoms with van der Waals surface area (Å²) in [5.41, 5.74) is 0.852. The summed E-state index contributed by atoms with van der Waals surface area (Å²) in [7, 11) is 0. The maximum absolute atomic E-state index is 12.1. The number of anilines is 1. The number of carbonyl (C=O) groups excluding carboxylic acids is 1. The summed E-state index contributed by atoms with van der Waals surface area (Å²) in [5, 5.41) is 5.25. The Hall–Kier alpha value is -2.77. The average Bonchev–Trinajstić information content (AvgIpc) is 2.54. The fourth-order valence-corrected chi connectivity index (χ4v) is 1.78. The van der Waals surface area contributed by atoms with Crippen LogP contribution in [-0.4, -0.2) is 29.0 Å². The van der Waals surface area contributed by atoms with Gasteiger partial charge in [-0.1, -0.05) is 12.1 Å². The molecule has 2 amide bonds. The largest absolute Gasteiger partial charge is 0.472 e. The number of hydrogen-bond acceptors (Lipinski definition) is 4. The smallest absolute Gasteiger partial charge is 0.320 e. The minimum atomic E-state index is -2.59. The molecule has 0 aliphatic rings. The van der Waals surface area contributed by atoms with Crippen molar-refractivity contribution in [3.63, 3.8) is 0 Å². The molecule has 0 bridgehead atoms. The van der Waals surface area contributed by atoms with Gasteiger partial charge < -0.3 is 10.1 Å². The molecule has 0 saturated heterocycles. The molecular weight excluding hydrogens is 306 g/mol. The number of ether oxygens (including phenoxy) is 1. The van der Waals surface area contributed by atoms with Crippen molar-refractivity contribution in [2.45, 2.75) is 19.4 Å². The second-order valence-corrected chi connectivity index (χ2v) is 4.67. The SMILES string of the molecule is CC(NC(=O)Nc1cccc(OCC(F)F)n1)c1cccnc1. The van der Waals surface area contributed by atoms with Gasteiger partial charge in [0.05, 0.1) is 6.04 Å². The predicted molar refractivity (Wildman–Crippen MR) is 80.5 cm³/mol. The number of rotatable bonds is 6. The van der Waals surface area contributed by atoms with E-state index in [-0.39, 0.29) is 17.7 Å². The van der Waals surface area contributed by atoms with E-state index in [0.29, 0.717) is 0 Å². The number of halogens is 2. The average molecular weight is 322 g/mol. The molecule has 1 unspecified atom stereocenters. The quantitative estimate of drug-likeness (QED) is 0.857. The first-order valence-electron chi connectivity index (χ1n) is 6.90. The molecule has 0 radical (unpaired) electrons. The van der Waals surface area contributed by atoms with E-state index in [4.69, 9.17) is 4.74 Å². The Balaban J connectivity index is 1.91. The number of hydrogen-bond donors (Lipinski definition) is 2. The molecule has 2 N–H and O–H groups in total. The van der Waals surface area contributed by atoms with E-state index in [1.807, 2.05) is 13.0 Å². The lowest BCUT2D eigenvalue weighted by atomic mass is 10.1. The number of urea groups is 1. The highest BCUT2D eigenvalue weighted by Gasteiger charge is 2.11. The molecule has 23 heavy (non-hydrogen) atoms. The zero-order valence-corrected chi connectivity index (χ0v) is 12.4. The number of nitrogens with one attached hydrogen (secondary N) is 2. The standard InChI is InChI=1S/C15H16F2N4O2/c1-10(11-4-3-7-18-8-11)19-15(22)21-13-5-2-6-14(20-13)23-9-12(16)17/h2-8,10,12H,9H2,1H3,(H2,19,20,21,22). The molecule has 2 rings (SSSR count). The Morgan fingerprint density at radius 1 is 1.30 bits per heavy atom. The van der Waals surface area contributed by atoms with Crippen LogP contribution in [0.1, 0.15) is 18.5 Å². The van der Waals surface area contributed by atoms with E-state index in [0.717, 1.165) is 5.56 Å². The zero-order chi connectivity index (χ0) is 16.7. The lowest BCUT2D eigenvalue weighted by molar-refractivity contribution is 0.0796. The highest BCUT2D eigenvalue weighted by atomic mass is 19.3. The van der Waals surface area contributed by atoms with Gasteiger partial charge in [-0.25, -0.2) is 13.6 Å². The van der Waals surface area contributed by atoms with Crippen LogP contribution in [0.5, 0.6) is 5.88 Å². The third-order valence-electron chi connectivity index (χ3n) is 2.85. The molecule has 0 aliphatic heterocycles. The summed E-state index contributed by atoms with van der Waals surface area (Å²) in [6.45, 7) is 1.06. The molecule has 8 heteroatoms. The van der Waals surface area contributed by atoms with Crippen LogP contribution in [0.15, 0.2) is 42.7 Å². The van der Waals surface area contributed by atoms with E-state index in [1.165, 1.54) is 12.1 Å². The van der Waals surface area contributed by atoms with Gasteiger partial charge in [-0.05, 0) is 24.6 Å². The molecule has 2 heterocycles. The van der Waals surface area contributed by atoms with Crippen LogP contribution in [0.3, 0.4) is 0 Å². The number of carbonyl (C=O) groups is 1. The van der Waals surface area contributed by atoms with Crippen LogP contribution >= 0.6 is 0 Å². The Bertz CT molecular complexity index is 640. The first-order valence-corrected chi connectivity index (χ1v) is 6.90. The molecular formula is C15H16F2N4O2. The fraction of sp³-hybridized carbons (Fsp3) is 0.267. The first-order chi connectivity index (χ1) is 11.0. The molecule has 2 aromatic heterocycles. The number of alkyl halides is 2. The van der Waals surface area contributed by atoms with Crippen LogP contribution in [0, 0.1) is 0 Å². The molecule has 0 fully saturated rings. The Morgan fingerprint density at radius 3 is 2.83 bits per heavy atom. The Kier molecular flexibility index (Phi) is 5.79. The van der Waals surface area contributed by atoms with E-state index >= 15 is 0 Å². The van der Waals surface area contributed by atoms with Gasteiger partial charge in [0.2, 0.25) is 5.88 Å². The number of nitrogens with zero attached hydrogens (tertiary/aromatic N) is 2. The molecule has 0 aromatic carbocycles. The van der Waals surface area contributed by atoms with Crippen molar-refractivity contribution in [3.05, 3.63) is 48.3 Å². The third-order valence-corrected chi connectivity index (χ3v) is 2.85. The van der Waals surface area contributed by atoms with Gasteiger partial charge >= 0.3 is 6.03 Å². The van der Waals surface area contributed by atoms with Crippen molar-refractivity contribution >= 4 is 11.8 Å². The highest BCUT2D eigenvalue weighted by Crippen LogP contribution is 2.13. The molecule has 0 saturated carbocycles. The van der Waals surface area contributed by atoms with Crippen molar-refractivity contribution in [1.82, 2.24) is 15.3 Å². The maximum Gasteiger partial charge on any atom is 0.320 e. The van der Waals surface area contributed by atoms with Crippen molar-refractivity contribution in [2.75, 3.05) is 11.9 Å². The van der Waals surface area contributed by atoms with Gasteiger partial charge in [-0.15, -0.1) is 0 Å². The fourth-order valence-electron chi connectivity index (χ4n) is 1.78. The predicted octanol–water partition coefficient (Wildman–Crippen LogP) is 3.00. The minimum absolute atomic E-state index is 0.0170. The summed E-state index contributed by atoms with van der Waals surface area (Å²) in [6, 6.07) is 7.41. The number of aromatic nitrogens is 2. The summed E-state index contributed by atoms with van der Waals surface area (Å²) in [4.78, 5) is 19.8. The van der Waals surface area contributed by atoms with Crippen LogP contribution in [-0.2, 0) is 0 Å². The first kappa shape index (κ1) is 16.6.